The van der Waals surface area contributed by atoms with E-state index in [9.17, 15) is 0 Å². The fourth-order valence-electron chi connectivity index (χ4n) is 1.90. The van der Waals surface area contributed by atoms with E-state index < -0.39 is 0 Å². The van der Waals surface area contributed by atoms with Crippen LogP contribution in [-0.4, -0.2) is 11.7 Å². The Labute approximate surface area is 124 Å². The summed E-state index contributed by atoms with van der Waals surface area (Å²) in [5.41, 5.74) is 2.31. The second kappa shape index (κ2) is 7.14. The number of rotatable bonds is 4. The van der Waals surface area contributed by atoms with Crippen molar-refractivity contribution in [3.05, 3.63) is 51.2 Å². The molecule has 0 aliphatic carbocycles. The second-order valence-corrected chi connectivity index (χ2v) is 5.72. The summed E-state index contributed by atoms with van der Waals surface area (Å²) in [4.78, 5) is 2.17. The van der Waals surface area contributed by atoms with Gasteiger partial charge in [0, 0.05) is 11.3 Å². The van der Waals surface area contributed by atoms with Gasteiger partial charge in [0.25, 0.3) is 0 Å². The Morgan fingerprint density at radius 1 is 1.15 bits per heavy atom. The van der Waals surface area contributed by atoms with Gasteiger partial charge in [0.2, 0.25) is 0 Å². The summed E-state index contributed by atoms with van der Waals surface area (Å²) >= 11 is 1.63. The molecular weight excluding hydrogens is 268 g/mol. The highest BCUT2D eigenvalue weighted by atomic mass is 32.1. The fourth-order valence-corrected chi connectivity index (χ4v) is 2.69. The maximum absolute atomic E-state index is 8.69. The summed E-state index contributed by atoms with van der Waals surface area (Å²) in [6.07, 6.45) is 0.520. The molecule has 0 amide bonds. The van der Waals surface area contributed by atoms with Gasteiger partial charge in [0.15, 0.2) is 0 Å². The van der Waals surface area contributed by atoms with E-state index in [0.717, 1.165) is 26.6 Å². The monoisotopic (exact) mass is 286 g/mol. The molecule has 104 valence electrons. The molecule has 0 unspecified atom stereocenters. The zero-order chi connectivity index (χ0) is 14.4. The van der Waals surface area contributed by atoms with Crippen molar-refractivity contribution in [1.29, 1.82) is 0 Å². The average Bonchev–Trinajstić information content (AvgIpc) is 2.86. The maximum Gasteiger partial charge on any atom is 0.125 e. The summed E-state index contributed by atoms with van der Waals surface area (Å²) in [6.45, 7) is 4.80. The molecule has 0 atom stereocenters. The lowest BCUT2D eigenvalue weighted by Gasteiger charge is -2.10. The molecule has 0 fully saturated rings. The summed E-state index contributed by atoms with van der Waals surface area (Å²) in [6, 6.07) is 10.2. The van der Waals surface area contributed by atoms with E-state index in [1.54, 1.807) is 11.3 Å². The number of hydrogen-bond acceptors (Lipinski definition) is 3. The minimum Gasteiger partial charge on any atom is -0.488 e. The summed E-state index contributed by atoms with van der Waals surface area (Å²) in [5, 5.41) is 8.69. The quantitative estimate of drug-likeness (QED) is 0.869. The molecule has 0 aliphatic rings. The van der Waals surface area contributed by atoms with Crippen molar-refractivity contribution >= 4 is 11.3 Å². The third kappa shape index (κ3) is 3.86. The van der Waals surface area contributed by atoms with E-state index in [0.29, 0.717) is 13.0 Å². The molecule has 0 saturated heterocycles. The molecule has 0 radical (unpaired) electrons. The van der Waals surface area contributed by atoms with Crippen molar-refractivity contribution in [3.63, 3.8) is 0 Å². The Morgan fingerprint density at radius 3 is 2.60 bits per heavy atom. The van der Waals surface area contributed by atoms with Crippen LogP contribution in [0, 0.1) is 25.7 Å². The molecule has 2 nitrogen and oxygen atoms in total. The normalized spacial score (nSPS) is 9.95. The Morgan fingerprint density at radius 2 is 1.90 bits per heavy atom. The van der Waals surface area contributed by atoms with E-state index >= 15 is 0 Å². The minimum absolute atomic E-state index is 0.112. The molecule has 1 N–H and O–H groups in total. The molecular formula is C17H18O2S. The fraction of sp³-hybridized carbons (Fsp3) is 0.294. The van der Waals surface area contributed by atoms with Crippen molar-refractivity contribution in [2.24, 2.45) is 0 Å². The number of aliphatic hydroxyl groups is 1. The van der Waals surface area contributed by atoms with Crippen molar-refractivity contribution < 1.29 is 9.84 Å². The van der Waals surface area contributed by atoms with Gasteiger partial charge in [0.05, 0.1) is 11.5 Å². The molecule has 2 rings (SSSR count). The van der Waals surface area contributed by atoms with Crippen LogP contribution in [0.1, 0.15) is 27.3 Å². The number of ether oxygens (including phenoxy) is 1. The van der Waals surface area contributed by atoms with Crippen LogP contribution < -0.4 is 4.74 Å². The number of benzene rings is 1. The van der Waals surface area contributed by atoms with Gasteiger partial charge in [-0.15, -0.1) is 11.3 Å². The molecule has 0 saturated carbocycles. The zero-order valence-electron chi connectivity index (χ0n) is 11.8. The summed E-state index contributed by atoms with van der Waals surface area (Å²) in [7, 11) is 0. The number of para-hydroxylation sites is 1. The predicted octanol–water partition coefficient (Wildman–Crippen LogP) is 3.68. The summed E-state index contributed by atoms with van der Waals surface area (Å²) in [5.74, 6) is 6.93. The Bertz CT molecular complexity index is 612. The molecule has 20 heavy (non-hydrogen) atoms. The Hall–Kier alpha value is -1.76. The van der Waals surface area contributed by atoms with Crippen LogP contribution in [0.25, 0.3) is 0 Å². The first-order chi connectivity index (χ1) is 9.70. The van der Waals surface area contributed by atoms with Crippen molar-refractivity contribution in [2.45, 2.75) is 26.9 Å². The highest BCUT2D eigenvalue weighted by Crippen LogP contribution is 2.25. The topological polar surface area (TPSA) is 29.5 Å². The van der Waals surface area contributed by atoms with Crippen LogP contribution in [0.5, 0.6) is 5.75 Å². The average molecular weight is 286 g/mol. The van der Waals surface area contributed by atoms with Crippen LogP contribution in [0.3, 0.4) is 0 Å². The molecule has 0 aliphatic heterocycles. The van der Waals surface area contributed by atoms with Gasteiger partial charge in [0.1, 0.15) is 12.4 Å². The molecule has 1 heterocycles. The SMILES string of the molecule is Cc1cccc(C)c1OCc1ccc(C#CCCO)s1. The lowest BCUT2D eigenvalue weighted by molar-refractivity contribution is 0.305. The molecule has 3 heteroatoms. The van der Waals surface area contributed by atoms with Gasteiger partial charge < -0.3 is 9.84 Å². The number of aryl methyl sites for hydroxylation is 2. The van der Waals surface area contributed by atoms with Gasteiger partial charge in [-0.2, -0.15) is 0 Å². The first-order valence-electron chi connectivity index (χ1n) is 6.58. The highest BCUT2D eigenvalue weighted by Gasteiger charge is 2.04. The molecule has 1 aromatic heterocycles. The van der Waals surface area contributed by atoms with Gasteiger partial charge in [-0.3, -0.25) is 0 Å². The number of hydrogen-bond donors (Lipinski definition) is 1. The van der Waals surface area contributed by atoms with E-state index in [1.807, 2.05) is 18.2 Å². The lowest BCUT2D eigenvalue weighted by Crippen LogP contribution is -1.96. The highest BCUT2D eigenvalue weighted by molar-refractivity contribution is 7.12. The Balaban J connectivity index is 2.00. The van der Waals surface area contributed by atoms with Crippen LogP contribution in [0.2, 0.25) is 0 Å². The zero-order valence-corrected chi connectivity index (χ0v) is 12.6. The third-order valence-corrected chi connectivity index (χ3v) is 3.85. The van der Waals surface area contributed by atoms with Gasteiger partial charge in [-0.1, -0.05) is 30.0 Å². The van der Waals surface area contributed by atoms with Crippen molar-refractivity contribution in [1.82, 2.24) is 0 Å². The largest absolute Gasteiger partial charge is 0.488 e. The molecule has 2 aromatic rings. The molecule has 0 bridgehead atoms. The first-order valence-corrected chi connectivity index (χ1v) is 7.40. The van der Waals surface area contributed by atoms with Crippen molar-refractivity contribution in [2.75, 3.05) is 6.61 Å². The van der Waals surface area contributed by atoms with Gasteiger partial charge in [-0.05, 0) is 37.1 Å². The summed E-state index contributed by atoms with van der Waals surface area (Å²) < 4.78 is 5.91. The van der Waals surface area contributed by atoms with Gasteiger partial charge in [-0.25, -0.2) is 0 Å². The van der Waals surface area contributed by atoms with Crippen LogP contribution in [-0.2, 0) is 6.61 Å². The Kier molecular flexibility index (Phi) is 5.23. The third-order valence-electron chi connectivity index (χ3n) is 2.88. The van der Waals surface area contributed by atoms with E-state index in [2.05, 4.69) is 37.8 Å². The van der Waals surface area contributed by atoms with E-state index in [1.165, 1.54) is 0 Å². The van der Waals surface area contributed by atoms with Crippen molar-refractivity contribution in [3.8, 4) is 17.6 Å². The second-order valence-electron chi connectivity index (χ2n) is 4.55. The predicted molar refractivity (Wildman–Crippen MR) is 83.1 cm³/mol. The molecule has 0 spiro atoms. The smallest absolute Gasteiger partial charge is 0.125 e. The minimum atomic E-state index is 0.112. The molecule has 1 aromatic carbocycles. The number of thiophene rings is 1. The standard InChI is InChI=1S/C17H18O2S/c1-13-6-5-7-14(2)17(13)19-12-16-10-9-15(20-16)8-3-4-11-18/h5-7,9-10,18H,4,11-12H2,1-2H3. The van der Waals surface area contributed by atoms with Crippen LogP contribution >= 0.6 is 11.3 Å². The number of aliphatic hydroxyl groups excluding tert-OH is 1. The van der Waals surface area contributed by atoms with Gasteiger partial charge >= 0.3 is 0 Å². The first kappa shape index (κ1) is 14.6. The van der Waals surface area contributed by atoms with Crippen LogP contribution in [0.15, 0.2) is 30.3 Å². The van der Waals surface area contributed by atoms with Crippen LogP contribution in [0.4, 0.5) is 0 Å². The van der Waals surface area contributed by atoms with E-state index in [4.69, 9.17) is 9.84 Å². The lowest BCUT2D eigenvalue weighted by atomic mass is 10.1. The maximum atomic E-state index is 8.69. The van der Waals surface area contributed by atoms with E-state index in [-0.39, 0.29) is 6.61 Å².